The van der Waals surface area contributed by atoms with Crippen LogP contribution in [0.4, 0.5) is 0 Å². The highest BCUT2D eigenvalue weighted by atomic mass is 32.1. The van der Waals surface area contributed by atoms with Gasteiger partial charge in [-0.15, -0.1) is 11.3 Å². The summed E-state index contributed by atoms with van der Waals surface area (Å²) in [4.78, 5) is 14.9. The number of thiophene rings is 1. The molecule has 1 aliphatic rings. The van der Waals surface area contributed by atoms with Gasteiger partial charge in [0.05, 0.1) is 16.8 Å². The van der Waals surface area contributed by atoms with Crippen molar-refractivity contribution in [3.63, 3.8) is 0 Å². The van der Waals surface area contributed by atoms with Crippen LogP contribution < -0.4 is 5.73 Å². The average molecular weight is 374 g/mol. The maximum atomic E-state index is 12.9. The zero-order valence-electron chi connectivity index (χ0n) is 16.3. The summed E-state index contributed by atoms with van der Waals surface area (Å²) in [5.41, 5.74) is 9.39. The van der Waals surface area contributed by atoms with Crippen LogP contribution in [0.5, 0.6) is 0 Å². The first-order chi connectivity index (χ1) is 12.5. The minimum absolute atomic E-state index is 0.246. The topological polar surface area (TPSA) is 60.9 Å². The van der Waals surface area contributed by atoms with E-state index in [4.69, 9.17) is 5.73 Å². The van der Waals surface area contributed by atoms with Crippen molar-refractivity contribution in [1.29, 1.82) is 0 Å². The fraction of sp³-hybridized carbons (Fsp3) is 0.619. The maximum Gasteiger partial charge on any atom is 0.173 e. The number of nitrogens with zero attached hydrogens (tertiary/aromatic N) is 2. The largest absolute Gasteiger partial charge is 0.330 e. The average Bonchev–Trinajstić information content (AvgIpc) is 3.17. The molecule has 5 heteroatoms. The van der Waals surface area contributed by atoms with Crippen molar-refractivity contribution >= 4 is 17.1 Å². The molecule has 1 unspecified atom stereocenters. The van der Waals surface area contributed by atoms with E-state index in [2.05, 4.69) is 25.0 Å². The molecule has 0 saturated heterocycles. The summed E-state index contributed by atoms with van der Waals surface area (Å²) < 4.78 is 1.89. The zero-order valence-corrected chi connectivity index (χ0v) is 17.1. The molecule has 0 aliphatic heterocycles. The fourth-order valence-electron chi connectivity index (χ4n) is 4.31. The smallest absolute Gasteiger partial charge is 0.173 e. The van der Waals surface area contributed by atoms with Gasteiger partial charge in [-0.2, -0.15) is 5.10 Å². The van der Waals surface area contributed by atoms with Gasteiger partial charge in [0, 0.05) is 23.9 Å². The van der Waals surface area contributed by atoms with E-state index in [0.29, 0.717) is 18.9 Å². The highest BCUT2D eigenvalue weighted by Crippen LogP contribution is 2.35. The van der Waals surface area contributed by atoms with Gasteiger partial charge in [0.2, 0.25) is 0 Å². The molecule has 1 aliphatic carbocycles. The van der Waals surface area contributed by atoms with Crippen LogP contribution in [0.3, 0.4) is 0 Å². The Hall–Kier alpha value is -1.46. The Bertz CT molecular complexity index is 736. The molecule has 1 saturated carbocycles. The number of aryl methyl sites for hydroxylation is 3. The van der Waals surface area contributed by atoms with Crippen molar-refractivity contribution in [2.45, 2.75) is 58.8 Å². The zero-order chi connectivity index (χ0) is 18.7. The van der Waals surface area contributed by atoms with Gasteiger partial charge in [0.1, 0.15) is 0 Å². The normalized spacial score (nSPS) is 16.8. The van der Waals surface area contributed by atoms with E-state index in [9.17, 15) is 4.79 Å². The maximum absolute atomic E-state index is 12.9. The highest BCUT2D eigenvalue weighted by molar-refractivity contribution is 7.14. The SMILES string of the molecule is Cc1cnn(C)c1-c1cc(C(=O)CC(CN)CC2CCCCC2)sc1C. The number of Topliss-reactive ketones (excluding diaryl/α,β-unsaturated/α-hetero) is 1. The molecule has 3 rings (SSSR count). The minimum atomic E-state index is 0.246. The van der Waals surface area contributed by atoms with Gasteiger partial charge >= 0.3 is 0 Å². The number of hydrogen-bond acceptors (Lipinski definition) is 4. The van der Waals surface area contributed by atoms with Crippen molar-refractivity contribution in [1.82, 2.24) is 9.78 Å². The minimum Gasteiger partial charge on any atom is -0.330 e. The van der Waals surface area contributed by atoms with E-state index in [1.807, 2.05) is 17.9 Å². The Kier molecular flexibility index (Phi) is 6.30. The summed E-state index contributed by atoms with van der Waals surface area (Å²) in [6.45, 7) is 4.77. The molecule has 0 bridgehead atoms. The Morgan fingerprint density at radius 1 is 1.35 bits per heavy atom. The number of carbonyl (C=O) groups is 1. The number of nitrogens with two attached hydrogens (primary N) is 1. The number of ketones is 1. The Morgan fingerprint density at radius 3 is 2.69 bits per heavy atom. The third-order valence-corrected chi connectivity index (χ3v) is 6.86. The van der Waals surface area contributed by atoms with Crippen molar-refractivity contribution in [2.75, 3.05) is 6.54 Å². The lowest BCUT2D eigenvalue weighted by Gasteiger charge is -2.25. The third-order valence-electron chi connectivity index (χ3n) is 5.77. The number of hydrogen-bond donors (Lipinski definition) is 1. The molecule has 2 heterocycles. The molecule has 0 spiro atoms. The summed E-state index contributed by atoms with van der Waals surface area (Å²) in [6.07, 6.45) is 10.2. The second-order valence-electron chi connectivity index (χ2n) is 7.85. The van der Waals surface area contributed by atoms with Crippen molar-refractivity contribution in [3.05, 3.63) is 27.6 Å². The van der Waals surface area contributed by atoms with Crippen LogP contribution in [-0.2, 0) is 7.05 Å². The quantitative estimate of drug-likeness (QED) is 0.703. The number of carbonyl (C=O) groups excluding carboxylic acids is 1. The first-order valence-corrected chi connectivity index (χ1v) is 10.6. The van der Waals surface area contributed by atoms with Crippen molar-refractivity contribution in [2.24, 2.45) is 24.6 Å². The van der Waals surface area contributed by atoms with E-state index >= 15 is 0 Å². The molecule has 2 aromatic rings. The Labute approximate surface area is 160 Å². The lowest BCUT2D eigenvalue weighted by atomic mass is 9.81. The van der Waals surface area contributed by atoms with Gasteiger partial charge in [-0.25, -0.2) is 0 Å². The van der Waals surface area contributed by atoms with Crippen LogP contribution in [0.1, 0.15) is 65.1 Å². The Morgan fingerprint density at radius 2 is 2.08 bits per heavy atom. The molecule has 0 radical (unpaired) electrons. The van der Waals surface area contributed by atoms with Gasteiger partial charge in [-0.3, -0.25) is 9.48 Å². The monoisotopic (exact) mass is 373 g/mol. The van der Waals surface area contributed by atoms with Gasteiger partial charge in [-0.05, 0) is 50.3 Å². The number of rotatable bonds is 7. The number of aromatic nitrogens is 2. The van der Waals surface area contributed by atoms with E-state index in [1.54, 1.807) is 11.3 Å². The predicted molar refractivity (Wildman–Crippen MR) is 109 cm³/mol. The van der Waals surface area contributed by atoms with Crippen LogP contribution in [0.25, 0.3) is 11.3 Å². The van der Waals surface area contributed by atoms with Crippen LogP contribution in [0.2, 0.25) is 0 Å². The highest BCUT2D eigenvalue weighted by Gasteiger charge is 2.23. The van der Waals surface area contributed by atoms with Crippen molar-refractivity contribution in [3.8, 4) is 11.3 Å². The lowest BCUT2D eigenvalue weighted by Crippen LogP contribution is -2.22. The summed E-state index contributed by atoms with van der Waals surface area (Å²) in [7, 11) is 1.95. The first-order valence-electron chi connectivity index (χ1n) is 9.82. The molecule has 0 amide bonds. The molecule has 26 heavy (non-hydrogen) atoms. The second kappa shape index (κ2) is 8.49. The molecule has 2 N–H and O–H groups in total. The van der Waals surface area contributed by atoms with E-state index in [0.717, 1.165) is 34.0 Å². The van der Waals surface area contributed by atoms with Crippen LogP contribution >= 0.6 is 11.3 Å². The molecular weight excluding hydrogens is 342 g/mol. The molecule has 4 nitrogen and oxygen atoms in total. The van der Waals surface area contributed by atoms with Crippen LogP contribution in [0.15, 0.2) is 12.3 Å². The molecule has 142 valence electrons. The second-order valence-corrected chi connectivity index (χ2v) is 9.11. The molecule has 2 aromatic heterocycles. The summed E-state index contributed by atoms with van der Waals surface area (Å²) >= 11 is 1.61. The van der Waals surface area contributed by atoms with Gasteiger partial charge in [0.25, 0.3) is 0 Å². The van der Waals surface area contributed by atoms with E-state index in [1.165, 1.54) is 37.0 Å². The standard InChI is InChI=1S/C21H31N3OS/c1-14-13-23-24(3)21(14)18-11-20(26-15(18)2)19(25)10-17(12-22)9-16-7-5-4-6-8-16/h11,13,16-17H,4-10,12,22H2,1-3H3. The predicted octanol–water partition coefficient (Wildman–Crippen LogP) is 4.88. The lowest BCUT2D eigenvalue weighted by molar-refractivity contribution is 0.0957. The molecule has 1 atom stereocenters. The molecule has 1 fully saturated rings. The first kappa shape index (κ1) is 19.3. The van der Waals surface area contributed by atoms with E-state index < -0.39 is 0 Å². The Balaban J connectivity index is 1.70. The van der Waals surface area contributed by atoms with Gasteiger partial charge in [-0.1, -0.05) is 32.1 Å². The fourth-order valence-corrected chi connectivity index (χ4v) is 5.28. The third kappa shape index (κ3) is 4.26. The van der Waals surface area contributed by atoms with Gasteiger partial charge in [0.15, 0.2) is 5.78 Å². The summed E-state index contributed by atoms with van der Waals surface area (Å²) in [6, 6.07) is 2.06. The van der Waals surface area contributed by atoms with E-state index in [-0.39, 0.29) is 5.78 Å². The molecular formula is C21H31N3OS. The van der Waals surface area contributed by atoms with Crippen LogP contribution in [0, 0.1) is 25.7 Å². The van der Waals surface area contributed by atoms with Crippen LogP contribution in [-0.4, -0.2) is 22.1 Å². The van der Waals surface area contributed by atoms with Crippen molar-refractivity contribution < 1.29 is 4.79 Å². The summed E-state index contributed by atoms with van der Waals surface area (Å²) in [5, 5.41) is 4.33. The molecule has 0 aromatic carbocycles. The summed E-state index contributed by atoms with van der Waals surface area (Å²) in [5.74, 6) is 1.33. The van der Waals surface area contributed by atoms with Gasteiger partial charge < -0.3 is 5.73 Å².